The van der Waals surface area contributed by atoms with Crippen LogP contribution in [0.15, 0.2) is 36.8 Å². The van der Waals surface area contributed by atoms with Crippen LogP contribution in [0.3, 0.4) is 0 Å². The Morgan fingerprint density at radius 2 is 2.25 bits per heavy atom. The largest absolute Gasteiger partial charge is 0.382 e. The smallest absolute Gasteiger partial charge is 0.121 e. The van der Waals surface area contributed by atoms with E-state index in [1.807, 2.05) is 29.8 Å². The van der Waals surface area contributed by atoms with Crippen LogP contribution in [0.1, 0.15) is 29.8 Å². The van der Waals surface area contributed by atoms with Crippen LogP contribution in [-0.2, 0) is 13.5 Å². The molecule has 1 aromatic carbocycles. The summed E-state index contributed by atoms with van der Waals surface area (Å²) in [7, 11) is 1.88. The molecule has 0 radical (unpaired) electrons. The minimum Gasteiger partial charge on any atom is -0.382 e. The fourth-order valence-corrected chi connectivity index (χ4v) is 1.78. The first kappa shape index (κ1) is 10.9. The second kappa shape index (κ2) is 4.49. The Hall–Kier alpha value is -1.61. The molecule has 0 aliphatic rings. The van der Waals surface area contributed by atoms with Crippen molar-refractivity contribution in [3.8, 4) is 0 Å². The molecule has 0 saturated heterocycles. The molecule has 1 N–H and O–H groups in total. The highest BCUT2D eigenvalue weighted by atomic mass is 16.3. The molecule has 16 heavy (non-hydrogen) atoms. The van der Waals surface area contributed by atoms with Gasteiger partial charge in [-0.2, -0.15) is 0 Å². The number of benzene rings is 1. The molecule has 0 bridgehead atoms. The average molecular weight is 216 g/mol. The summed E-state index contributed by atoms with van der Waals surface area (Å²) < 4.78 is 1.84. The molecule has 1 aromatic heterocycles. The Labute approximate surface area is 95.4 Å². The number of hydrogen-bond donors (Lipinski definition) is 1. The van der Waals surface area contributed by atoms with E-state index >= 15 is 0 Å². The lowest BCUT2D eigenvalue weighted by atomic mass is 10.0. The summed E-state index contributed by atoms with van der Waals surface area (Å²) in [5, 5.41) is 10.2. The molecule has 1 unspecified atom stereocenters. The number of aliphatic hydroxyl groups excluding tert-OH is 1. The summed E-state index contributed by atoms with van der Waals surface area (Å²) in [4.78, 5) is 4.01. The minimum atomic E-state index is -0.598. The highest BCUT2D eigenvalue weighted by Gasteiger charge is 2.13. The quantitative estimate of drug-likeness (QED) is 0.852. The van der Waals surface area contributed by atoms with E-state index in [2.05, 4.69) is 18.0 Å². The van der Waals surface area contributed by atoms with Gasteiger partial charge in [0.15, 0.2) is 0 Å². The first-order valence-electron chi connectivity index (χ1n) is 5.45. The van der Waals surface area contributed by atoms with Crippen LogP contribution in [0.5, 0.6) is 0 Å². The topological polar surface area (TPSA) is 38.1 Å². The Morgan fingerprint density at radius 3 is 2.88 bits per heavy atom. The maximum Gasteiger partial charge on any atom is 0.121 e. The summed E-state index contributed by atoms with van der Waals surface area (Å²) in [5.74, 6) is 0. The van der Waals surface area contributed by atoms with E-state index in [4.69, 9.17) is 0 Å². The van der Waals surface area contributed by atoms with Crippen LogP contribution in [0.4, 0.5) is 0 Å². The minimum absolute atomic E-state index is 0.598. The molecule has 0 fully saturated rings. The maximum atomic E-state index is 10.2. The van der Waals surface area contributed by atoms with Gasteiger partial charge in [0.05, 0.1) is 18.2 Å². The third kappa shape index (κ3) is 1.99. The molecule has 0 amide bonds. The van der Waals surface area contributed by atoms with Crippen LogP contribution in [0, 0.1) is 0 Å². The van der Waals surface area contributed by atoms with Gasteiger partial charge in [0.25, 0.3) is 0 Å². The molecule has 1 atom stereocenters. The zero-order valence-electron chi connectivity index (χ0n) is 9.59. The van der Waals surface area contributed by atoms with Crippen molar-refractivity contribution in [2.75, 3.05) is 0 Å². The summed E-state index contributed by atoms with van der Waals surface area (Å²) in [5.41, 5.74) is 2.97. The van der Waals surface area contributed by atoms with E-state index in [0.717, 1.165) is 17.7 Å². The van der Waals surface area contributed by atoms with Crippen LogP contribution >= 0.6 is 0 Å². The number of imidazole rings is 1. The Morgan fingerprint density at radius 1 is 1.44 bits per heavy atom. The van der Waals surface area contributed by atoms with Gasteiger partial charge in [0.2, 0.25) is 0 Å². The lowest BCUT2D eigenvalue weighted by molar-refractivity contribution is 0.211. The summed E-state index contributed by atoms with van der Waals surface area (Å²) in [6.45, 7) is 2.11. The van der Waals surface area contributed by atoms with Crippen molar-refractivity contribution in [2.24, 2.45) is 7.05 Å². The van der Waals surface area contributed by atoms with Crippen LogP contribution in [0.2, 0.25) is 0 Å². The summed E-state index contributed by atoms with van der Waals surface area (Å²) in [6.07, 6.45) is 3.77. The lowest BCUT2D eigenvalue weighted by Crippen LogP contribution is -2.05. The molecule has 3 heteroatoms. The second-order valence-corrected chi connectivity index (χ2v) is 3.93. The second-order valence-electron chi connectivity index (χ2n) is 3.93. The monoisotopic (exact) mass is 216 g/mol. The van der Waals surface area contributed by atoms with Crippen molar-refractivity contribution in [2.45, 2.75) is 19.4 Å². The molecular formula is C13H16N2O. The molecular weight excluding hydrogens is 200 g/mol. The number of aryl methyl sites for hydroxylation is 2. The van der Waals surface area contributed by atoms with Crippen LogP contribution in [-0.4, -0.2) is 14.7 Å². The van der Waals surface area contributed by atoms with Gasteiger partial charge in [-0.05, 0) is 17.5 Å². The fourth-order valence-electron chi connectivity index (χ4n) is 1.78. The number of aromatic nitrogens is 2. The molecule has 84 valence electrons. The Balaban J connectivity index is 2.33. The van der Waals surface area contributed by atoms with Crippen molar-refractivity contribution in [1.29, 1.82) is 0 Å². The number of hydrogen-bond acceptors (Lipinski definition) is 2. The number of rotatable bonds is 3. The van der Waals surface area contributed by atoms with E-state index in [1.54, 1.807) is 12.5 Å². The van der Waals surface area contributed by atoms with Gasteiger partial charge in [-0.3, -0.25) is 0 Å². The van der Waals surface area contributed by atoms with Gasteiger partial charge < -0.3 is 9.67 Å². The van der Waals surface area contributed by atoms with Gasteiger partial charge in [0.1, 0.15) is 6.10 Å². The van der Waals surface area contributed by atoms with E-state index in [-0.39, 0.29) is 0 Å². The molecule has 2 aromatic rings. The van der Waals surface area contributed by atoms with Crippen molar-refractivity contribution in [3.05, 3.63) is 53.6 Å². The van der Waals surface area contributed by atoms with Crippen molar-refractivity contribution >= 4 is 0 Å². The molecule has 0 saturated carbocycles. The van der Waals surface area contributed by atoms with Gasteiger partial charge in [-0.25, -0.2) is 4.98 Å². The fraction of sp³-hybridized carbons (Fsp3) is 0.308. The molecule has 3 nitrogen and oxygen atoms in total. The summed E-state index contributed by atoms with van der Waals surface area (Å²) in [6, 6.07) is 8.03. The molecule has 2 rings (SSSR count). The van der Waals surface area contributed by atoms with E-state index in [9.17, 15) is 5.11 Å². The first-order chi connectivity index (χ1) is 7.72. The van der Waals surface area contributed by atoms with Crippen LogP contribution < -0.4 is 0 Å². The zero-order valence-corrected chi connectivity index (χ0v) is 9.59. The predicted molar refractivity (Wildman–Crippen MR) is 63.1 cm³/mol. The average Bonchev–Trinajstić information content (AvgIpc) is 2.74. The third-order valence-electron chi connectivity index (χ3n) is 2.81. The maximum absolute atomic E-state index is 10.2. The Bertz CT molecular complexity index is 476. The van der Waals surface area contributed by atoms with Crippen molar-refractivity contribution in [1.82, 2.24) is 9.55 Å². The predicted octanol–water partition coefficient (Wildman–Crippen LogP) is 2.06. The van der Waals surface area contributed by atoms with Crippen LogP contribution in [0.25, 0.3) is 0 Å². The first-order valence-corrected chi connectivity index (χ1v) is 5.45. The molecule has 1 heterocycles. The van der Waals surface area contributed by atoms with Crippen molar-refractivity contribution in [3.63, 3.8) is 0 Å². The lowest BCUT2D eigenvalue weighted by Gasteiger charge is -2.12. The van der Waals surface area contributed by atoms with E-state index in [0.29, 0.717) is 0 Å². The summed E-state index contributed by atoms with van der Waals surface area (Å²) >= 11 is 0. The molecule has 0 aliphatic heterocycles. The highest BCUT2D eigenvalue weighted by Crippen LogP contribution is 2.21. The number of nitrogens with zero attached hydrogens (tertiary/aromatic N) is 2. The SMILES string of the molecule is CCc1cccc(C(O)c2cncn2C)c1. The Kier molecular flexibility index (Phi) is 3.06. The molecule has 0 spiro atoms. The third-order valence-corrected chi connectivity index (χ3v) is 2.81. The van der Waals surface area contributed by atoms with Crippen molar-refractivity contribution < 1.29 is 5.11 Å². The van der Waals surface area contributed by atoms with Gasteiger partial charge in [-0.15, -0.1) is 0 Å². The standard InChI is InChI=1S/C13H16N2O/c1-3-10-5-4-6-11(7-10)13(16)12-8-14-9-15(12)2/h4-9,13,16H,3H2,1-2H3. The van der Waals surface area contributed by atoms with E-state index < -0.39 is 6.10 Å². The normalized spacial score (nSPS) is 12.7. The number of aliphatic hydroxyl groups is 1. The van der Waals surface area contributed by atoms with Gasteiger partial charge in [0, 0.05) is 7.05 Å². The van der Waals surface area contributed by atoms with Gasteiger partial charge >= 0.3 is 0 Å². The zero-order chi connectivity index (χ0) is 11.5. The van der Waals surface area contributed by atoms with E-state index in [1.165, 1.54) is 5.56 Å². The highest BCUT2D eigenvalue weighted by molar-refractivity contribution is 5.29. The molecule has 0 aliphatic carbocycles. The van der Waals surface area contributed by atoms with Gasteiger partial charge in [-0.1, -0.05) is 31.2 Å².